The van der Waals surface area contributed by atoms with Gasteiger partial charge in [0.2, 0.25) is 5.56 Å². The molecule has 0 saturated carbocycles. The first-order valence-corrected chi connectivity index (χ1v) is 18.8. The van der Waals surface area contributed by atoms with E-state index < -0.39 is 18.2 Å². The number of phenols is 1. The molecule has 2 bridgehead atoms. The molecule has 7 N–H and O–H groups in total. The molecule has 3 fully saturated rings. The zero-order valence-electron chi connectivity index (χ0n) is 30.7. The number of aromatic hydroxyl groups is 1. The first kappa shape index (κ1) is 39.1. The second kappa shape index (κ2) is 19.1. The Balaban J connectivity index is 0.000000563. The van der Waals surface area contributed by atoms with E-state index >= 15 is 0 Å². The van der Waals surface area contributed by atoms with Crippen molar-refractivity contribution in [2.75, 3.05) is 39.3 Å². The Morgan fingerprint density at radius 3 is 2.36 bits per heavy atom. The minimum Gasteiger partial charge on any atom is -0.506 e. The van der Waals surface area contributed by atoms with Crippen molar-refractivity contribution in [1.29, 1.82) is 0 Å². The van der Waals surface area contributed by atoms with Gasteiger partial charge in [-0.2, -0.15) is 0 Å². The number of nitrogens with one attached hydrogen (secondary N) is 4. The predicted molar refractivity (Wildman–Crippen MR) is 208 cm³/mol. The molecule has 13 nitrogen and oxygen atoms in total. The summed E-state index contributed by atoms with van der Waals surface area (Å²) < 4.78 is 11.4. The van der Waals surface area contributed by atoms with Gasteiger partial charge < -0.3 is 50.3 Å². The number of amides is 2. The molecule has 3 aromatic carbocycles. The number of carbonyl (C=O) groups is 2. The molecule has 290 valence electrons. The number of aliphatic hydroxyl groups excluding tert-OH is 1. The van der Waals surface area contributed by atoms with E-state index in [-0.39, 0.29) is 41.6 Å². The Morgan fingerprint density at radius 1 is 0.909 bits per heavy atom. The van der Waals surface area contributed by atoms with Gasteiger partial charge in [0.25, 0.3) is 5.91 Å². The van der Waals surface area contributed by atoms with E-state index in [4.69, 9.17) is 9.15 Å². The molecule has 3 saturated heterocycles. The Kier molecular flexibility index (Phi) is 13.6. The third-order valence-corrected chi connectivity index (χ3v) is 10.1. The number of hydrogen-bond acceptors (Lipinski definition) is 9. The highest BCUT2D eigenvalue weighted by molar-refractivity contribution is 5.91. The fraction of sp³-hybridized carbons (Fsp3) is 0.357. The maximum absolute atomic E-state index is 12.6. The molecule has 8 rings (SSSR count). The van der Waals surface area contributed by atoms with Gasteiger partial charge in [-0.3, -0.25) is 9.59 Å². The Labute approximate surface area is 319 Å². The summed E-state index contributed by atoms with van der Waals surface area (Å²) in [6, 6.07) is 23.5. The minimum absolute atomic E-state index is 0.0600. The Hall–Kier alpha value is -5.63. The molecule has 3 aliphatic heterocycles. The van der Waals surface area contributed by atoms with E-state index in [2.05, 4.69) is 25.8 Å². The molecule has 0 aliphatic carbocycles. The van der Waals surface area contributed by atoms with E-state index in [0.717, 1.165) is 23.5 Å². The number of nitrogens with zero attached hydrogens (tertiary/aromatic N) is 1. The molecule has 0 radical (unpaired) electrons. The zero-order valence-corrected chi connectivity index (χ0v) is 30.7. The topological polar surface area (TPSA) is 189 Å². The normalized spacial score (nSPS) is 17.1. The molecule has 0 spiro atoms. The van der Waals surface area contributed by atoms with Crippen LogP contribution in [-0.2, 0) is 6.61 Å². The number of aromatic amines is 1. The lowest BCUT2D eigenvalue weighted by Gasteiger charge is -2.38. The lowest BCUT2D eigenvalue weighted by Crippen LogP contribution is -2.41. The maximum Gasteiger partial charge on any atom is 0.405 e. The number of furan rings is 1. The highest BCUT2D eigenvalue weighted by Gasteiger charge is 2.24. The highest BCUT2D eigenvalue weighted by Crippen LogP contribution is 2.29. The largest absolute Gasteiger partial charge is 0.506 e. The molecule has 3 aliphatic rings. The smallest absolute Gasteiger partial charge is 0.405 e. The van der Waals surface area contributed by atoms with Gasteiger partial charge in [-0.25, -0.2) is 4.79 Å². The summed E-state index contributed by atoms with van der Waals surface area (Å²) in [5.41, 5.74) is 2.73. The summed E-state index contributed by atoms with van der Waals surface area (Å²) >= 11 is 0. The van der Waals surface area contributed by atoms with E-state index in [1.165, 1.54) is 57.3 Å². The number of phenolic OH excluding ortho intramolecular Hbond substituents is 1. The summed E-state index contributed by atoms with van der Waals surface area (Å²) in [6.07, 6.45) is 5.39. The number of benzene rings is 3. The second-order valence-corrected chi connectivity index (χ2v) is 14.0. The zero-order chi connectivity index (χ0) is 38.6. The average Bonchev–Trinajstić information content (AvgIpc) is 3.70. The van der Waals surface area contributed by atoms with E-state index in [9.17, 15) is 29.7 Å². The molecule has 5 aromatic rings. The summed E-state index contributed by atoms with van der Waals surface area (Å²) in [6.45, 7) is 5.66. The lowest BCUT2D eigenvalue weighted by atomic mass is 9.89. The third-order valence-electron chi connectivity index (χ3n) is 10.1. The SMILES string of the molecule is C1CN2CCC1CC2.O=C(O)NC(c1ccccc1)c1cccc(OCc2coc(C(=O)NCCCCNCC(O)c3ccc(O)c4[nH]c(=O)ccc34)c2)c1. The number of piperidine rings is 3. The van der Waals surface area contributed by atoms with Crippen LogP contribution >= 0.6 is 0 Å². The summed E-state index contributed by atoms with van der Waals surface area (Å²) in [4.78, 5) is 40.8. The van der Waals surface area contributed by atoms with Gasteiger partial charge in [0.15, 0.2) is 5.76 Å². The number of hydrogen-bond donors (Lipinski definition) is 7. The average molecular weight is 752 g/mol. The van der Waals surface area contributed by atoms with Crippen LogP contribution in [0.2, 0.25) is 0 Å². The third kappa shape index (κ3) is 11.0. The molecule has 2 unspecified atom stereocenters. The first-order chi connectivity index (χ1) is 26.7. The number of ether oxygens (including phenoxy) is 1. The van der Waals surface area contributed by atoms with Crippen molar-refractivity contribution >= 4 is 22.9 Å². The van der Waals surface area contributed by atoms with Gasteiger partial charge in [0.1, 0.15) is 18.1 Å². The lowest BCUT2D eigenvalue weighted by molar-refractivity contribution is 0.0925. The number of carbonyl (C=O) groups excluding carboxylic acids is 1. The molecule has 2 aromatic heterocycles. The fourth-order valence-corrected chi connectivity index (χ4v) is 7.08. The van der Waals surface area contributed by atoms with Crippen LogP contribution in [0.5, 0.6) is 11.5 Å². The van der Waals surface area contributed by atoms with Crippen molar-refractivity contribution in [1.82, 2.24) is 25.8 Å². The number of H-pyrrole nitrogens is 1. The summed E-state index contributed by atoms with van der Waals surface area (Å²) in [5.74, 6) is 1.41. The van der Waals surface area contributed by atoms with Crippen LogP contribution in [0.15, 0.2) is 100 Å². The van der Waals surface area contributed by atoms with Crippen LogP contribution in [0.4, 0.5) is 4.79 Å². The Morgan fingerprint density at radius 2 is 1.65 bits per heavy atom. The number of carboxylic acid groups (broad SMARTS) is 1. The molecular weight excluding hydrogens is 702 g/mol. The van der Waals surface area contributed by atoms with Crippen molar-refractivity contribution < 1.29 is 34.1 Å². The first-order valence-electron chi connectivity index (χ1n) is 18.8. The molecular formula is C42H49N5O8. The second-order valence-electron chi connectivity index (χ2n) is 14.0. The minimum atomic E-state index is -1.14. The van der Waals surface area contributed by atoms with Gasteiger partial charge in [0.05, 0.1) is 23.9 Å². The van der Waals surface area contributed by atoms with Crippen LogP contribution in [0.25, 0.3) is 10.9 Å². The van der Waals surface area contributed by atoms with Crippen molar-refractivity contribution in [2.24, 2.45) is 5.92 Å². The van der Waals surface area contributed by atoms with Crippen molar-refractivity contribution in [2.45, 2.75) is 50.9 Å². The van der Waals surface area contributed by atoms with Crippen molar-refractivity contribution in [3.8, 4) is 11.5 Å². The molecule has 5 heterocycles. The standard InChI is InChI=1S/C35H36N4O8.C7H13N/c40-28-13-11-26(27-12-14-31(42)38-33(27)28)29(41)19-36-15-4-5-16-37-34(43)30-17-22(21-47-30)20-46-25-10-6-9-24(18-25)32(39-35(44)45)23-7-2-1-3-8-23;1-4-8-5-2-7(1)3-6-8/h1-3,6-14,17-18,21,29,32,36,39-41H,4-5,15-16,19-20H2,(H,37,43)(H,38,42)(H,44,45);7H,1-6H2. The van der Waals surface area contributed by atoms with Crippen molar-refractivity contribution in [3.63, 3.8) is 0 Å². The molecule has 2 amide bonds. The predicted octanol–water partition coefficient (Wildman–Crippen LogP) is 5.70. The highest BCUT2D eigenvalue weighted by atomic mass is 16.5. The van der Waals surface area contributed by atoms with Gasteiger partial charge in [-0.15, -0.1) is 0 Å². The number of aromatic nitrogens is 1. The van der Waals surface area contributed by atoms with Crippen LogP contribution in [-0.4, -0.2) is 76.5 Å². The van der Waals surface area contributed by atoms with Gasteiger partial charge in [-0.1, -0.05) is 48.5 Å². The number of fused-ring (bicyclic) bond motifs is 4. The van der Waals surface area contributed by atoms with Crippen LogP contribution in [0.3, 0.4) is 0 Å². The van der Waals surface area contributed by atoms with Crippen LogP contribution < -0.4 is 26.2 Å². The van der Waals surface area contributed by atoms with E-state index in [1.54, 1.807) is 36.4 Å². The molecule has 13 heteroatoms. The van der Waals surface area contributed by atoms with E-state index in [1.807, 2.05) is 36.4 Å². The van der Waals surface area contributed by atoms with Crippen LogP contribution in [0.1, 0.15) is 77.1 Å². The monoisotopic (exact) mass is 751 g/mol. The van der Waals surface area contributed by atoms with Gasteiger partial charge >= 0.3 is 6.09 Å². The fourth-order valence-electron chi connectivity index (χ4n) is 7.08. The van der Waals surface area contributed by atoms with Crippen LogP contribution in [0, 0.1) is 5.92 Å². The van der Waals surface area contributed by atoms with Gasteiger partial charge in [0, 0.05) is 30.1 Å². The van der Waals surface area contributed by atoms with Crippen molar-refractivity contribution in [3.05, 3.63) is 130 Å². The number of aliphatic hydroxyl groups is 1. The van der Waals surface area contributed by atoms with E-state index in [0.29, 0.717) is 41.8 Å². The number of pyridine rings is 1. The maximum atomic E-state index is 12.6. The summed E-state index contributed by atoms with van der Waals surface area (Å²) in [5, 5.41) is 39.2. The Bertz CT molecular complexity index is 2050. The molecule has 55 heavy (non-hydrogen) atoms. The quantitative estimate of drug-likeness (QED) is 0.0654. The number of rotatable bonds is 15. The number of unbranched alkanes of at least 4 members (excludes halogenated alkanes) is 1. The summed E-state index contributed by atoms with van der Waals surface area (Å²) in [7, 11) is 0. The molecule has 2 atom stereocenters. The van der Waals surface area contributed by atoms with Gasteiger partial charge in [-0.05, 0) is 111 Å².